The molecule has 1 aliphatic heterocycles. The molecule has 140 valence electrons. The molecule has 0 radical (unpaired) electrons. The predicted molar refractivity (Wildman–Crippen MR) is 103 cm³/mol. The molecule has 1 saturated carbocycles. The first kappa shape index (κ1) is 18.8. The Bertz CT molecular complexity index is 663. The maximum atomic E-state index is 12.7. The minimum Gasteiger partial charge on any atom is -0.352 e. The van der Waals surface area contributed by atoms with Gasteiger partial charge in [-0.2, -0.15) is 11.8 Å². The molecule has 1 saturated heterocycles. The molecule has 6 nitrogen and oxygen atoms in total. The van der Waals surface area contributed by atoms with E-state index in [9.17, 15) is 14.4 Å². The molecule has 1 aliphatic carbocycles. The van der Waals surface area contributed by atoms with Gasteiger partial charge in [-0.15, -0.1) is 0 Å². The molecule has 7 heteroatoms. The monoisotopic (exact) mass is 375 g/mol. The third-order valence-electron chi connectivity index (χ3n) is 4.73. The maximum absolute atomic E-state index is 12.7. The zero-order valence-corrected chi connectivity index (χ0v) is 15.8. The number of nitrogens with zero attached hydrogens (tertiary/aromatic N) is 1. The van der Waals surface area contributed by atoms with E-state index in [0.29, 0.717) is 13.0 Å². The molecular formula is C19H25N3O3S. The summed E-state index contributed by atoms with van der Waals surface area (Å²) in [7, 11) is 0. The van der Waals surface area contributed by atoms with Crippen LogP contribution in [-0.4, -0.2) is 48.4 Å². The second-order valence-corrected chi connectivity index (χ2v) is 7.85. The molecule has 2 aliphatic rings. The van der Waals surface area contributed by atoms with Gasteiger partial charge in [0.15, 0.2) is 0 Å². The first-order valence-electron chi connectivity index (χ1n) is 9.03. The van der Waals surface area contributed by atoms with Crippen LogP contribution in [-0.2, 0) is 14.4 Å². The summed E-state index contributed by atoms with van der Waals surface area (Å²) in [4.78, 5) is 39.0. The summed E-state index contributed by atoms with van der Waals surface area (Å²) < 4.78 is 0. The number of carbonyl (C=O) groups excluding carboxylic acids is 3. The normalized spacial score (nSPS) is 20.7. The van der Waals surface area contributed by atoms with Gasteiger partial charge in [-0.25, -0.2) is 0 Å². The third-order valence-corrected chi connectivity index (χ3v) is 5.38. The number of nitrogens with one attached hydrogen (secondary N) is 2. The lowest BCUT2D eigenvalue weighted by Gasteiger charge is -2.20. The molecular weight excluding hydrogens is 350 g/mol. The molecule has 2 N–H and O–H groups in total. The van der Waals surface area contributed by atoms with Crippen molar-refractivity contribution in [3.05, 3.63) is 30.3 Å². The number of para-hydroxylation sites is 1. The average Bonchev–Trinajstić information content (AvgIpc) is 3.37. The van der Waals surface area contributed by atoms with Gasteiger partial charge in [0.1, 0.15) is 6.04 Å². The second-order valence-electron chi connectivity index (χ2n) is 6.87. The van der Waals surface area contributed by atoms with Crippen molar-refractivity contribution >= 4 is 35.2 Å². The van der Waals surface area contributed by atoms with E-state index in [0.717, 1.165) is 24.3 Å². The minimum atomic E-state index is -0.531. The lowest BCUT2D eigenvalue weighted by molar-refractivity contribution is -0.131. The molecule has 2 atom stereocenters. The van der Waals surface area contributed by atoms with Crippen LogP contribution in [0.15, 0.2) is 30.3 Å². The Balaban J connectivity index is 1.60. The van der Waals surface area contributed by atoms with Crippen molar-refractivity contribution in [3.63, 3.8) is 0 Å². The number of hydrogen-bond donors (Lipinski definition) is 2. The number of anilines is 1. The van der Waals surface area contributed by atoms with Crippen molar-refractivity contribution in [2.45, 2.75) is 37.8 Å². The molecule has 26 heavy (non-hydrogen) atoms. The summed E-state index contributed by atoms with van der Waals surface area (Å²) in [6.07, 6.45) is 4.77. The van der Waals surface area contributed by atoms with Gasteiger partial charge < -0.3 is 15.5 Å². The zero-order valence-electron chi connectivity index (χ0n) is 14.9. The molecule has 0 unspecified atom stereocenters. The highest BCUT2D eigenvalue weighted by molar-refractivity contribution is 7.98. The van der Waals surface area contributed by atoms with Gasteiger partial charge >= 0.3 is 0 Å². The fraction of sp³-hybridized carbons (Fsp3) is 0.526. The molecule has 0 bridgehead atoms. The Morgan fingerprint density at radius 1 is 1.27 bits per heavy atom. The van der Waals surface area contributed by atoms with Crippen LogP contribution in [0.5, 0.6) is 0 Å². The van der Waals surface area contributed by atoms with Crippen LogP contribution < -0.4 is 15.5 Å². The number of amides is 3. The Labute approximate surface area is 158 Å². The zero-order chi connectivity index (χ0) is 18.5. The molecule has 1 aromatic rings. The fourth-order valence-electron chi connectivity index (χ4n) is 3.06. The maximum Gasteiger partial charge on any atom is 0.242 e. The molecule has 1 heterocycles. The van der Waals surface area contributed by atoms with Crippen LogP contribution in [0.2, 0.25) is 0 Å². The van der Waals surface area contributed by atoms with Crippen LogP contribution in [0.25, 0.3) is 0 Å². The molecule has 1 aromatic carbocycles. The van der Waals surface area contributed by atoms with E-state index in [4.69, 9.17) is 0 Å². The summed E-state index contributed by atoms with van der Waals surface area (Å²) in [5, 5.41) is 5.84. The quantitative estimate of drug-likeness (QED) is 0.723. The number of benzene rings is 1. The molecule has 2 fully saturated rings. The van der Waals surface area contributed by atoms with Gasteiger partial charge in [0.2, 0.25) is 17.7 Å². The second kappa shape index (κ2) is 8.58. The third kappa shape index (κ3) is 4.78. The van der Waals surface area contributed by atoms with E-state index >= 15 is 0 Å². The van der Waals surface area contributed by atoms with E-state index in [2.05, 4.69) is 10.6 Å². The van der Waals surface area contributed by atoms with E-state index in [-0.39, 0.29) is 30.2 Å². The van der Waals surface area contributed by atoms with Crippen molar-refractivity contribution in [1.82, 2.24) is 10.6 Å². The highest BCUT2D eigenvalue weighted by atomic mass is 32.2. The van der Waals surface area contributed by atoms with Crippen LogP contribution in [0.1, 0.15) is 25.7 Å². The van der Waals surface area contributed by atoms with Crippen LogP contribution in [0, 0.1) is 5.92 Å². The Morgan fingerprint density at radius 3 is 2.65 bits per heavy atom. The minimum absolute atomic E-state index is 0.0561. The SMILES string of the molecule is CSCC[C@@H](NC(=O)[C@@H]1CC(=O)N(c2ccccc2)C1)C(=O)NC1CC1. The summed E-state index contributed by atoms with van der Waals surface area (Å²) in [6.45, 7) is 0.355. The van der Waals surface area contributed by atoms with Crippen molar-refractivity contribution < 1.29 is 14.4 Å². The van der Waals surface area contributed by atoms with Crippen molar-refractivity contribution in [3.8, 4) is 0 Å². The highest BCUT2D eigenvalue weighted by Crippen LogP contribution is 2.25. The number of hydrogen-bond acceptors (Lipinski definition) is 4. The fourth-order valence-corrected chi connectivity index (χ4v) is 3.54. The molecule has 3 amide bonds. The summed E-state index contributed by atoms with van der Waals surface area (Å²) >= 11 is 1.65. The Hall–Kier alpha value is -2.02. The van der Waals surface area contributed by atoms with Crippen LogP contribution in [0.3, 0.4) is 0 Å². The van der Waals surface area contributed by atoms with Crippen LogP contribution in [0.4, 0.5) is 5.69 Å². The van der Waals surface area contributed by atoms with Crippen molar-refractivity contribution in [2.24, 2.45) is 5.92 Å². The smallest absolute Gasteiger partial charge is 0.242 e. The van der Waals surface area contributed by atoms with E-state index in [1.54, 1.807) is 16.7 Å². The van der Waals surface area contributed by atoms with Gasteiger partial charge in [-0.1, -0.05) is 18.2 Å². The van der Waals surface area contributed by atoms with Crippen molar-refractivity contribution in [1.29, 1.82) is 0 Å². The Morgan fingerprint density at radius 2 is 2.00 bits per heavy atom. The van der Waals surface area contributed by atoms with Crippen molar-refractivity contribution in [2.75, 3.05) is 23.5 Å². The topological polar surface area (TPSA) is 78.5 Å². The first-order valence-corrected chi connectivity index (χ1v) is 10.4. The molecule has 0 aromatic heterocycles. The van der Waals surface area contributed by atoms with Gasteiger partial charge in [-0.05, 0) is 43.4 Å². The summed E-state index contributed by atoms with van der Waals surface area (Å²) in [5.74, 6) is -0.0106. The predicted octanol–water partition coefficient (Wildman–Crippen LogP) is 1.56. The first-order chi connectivity index (χ1) is 12.6. The van der Waals surface area contributed by atoms with E-state index in [1.807, 2.05) is 36.6 Å². The standard InChI is InChI=1S/C19H25N3O3S/c1-26-10-9-16(19(25)20-14-7-8-14)21-18(24)13-11-17(23)22(12-13)15-5-3-2-4-6-15/h2-6,13-14,16H,7-12H2,1H3,(H,20,25)(H,21,24)/t13-,16-/m1/s1. The van der Waals surface area contributed by atoms with Gasteiger partial charge in [0, 0.05) is 24.7 Å². The lowest BCUT2D eigenvalue weighted by Crippen LogP contribution is -2.49. The van der Waals surface area contributed by atoms with E-state index < -0.39 is 12.0 Å². The number of carbonyl (C=O) groups is 3. The Kier molecular flexibility index (Phi) is 6.19. The number of thioether (sulfide) groups is 1. The van der Waals surface area contributed by atoms with Crippen LogP contribution >= 0.6 is 11.8 Å². The summed E-state index contributed by atoms with van der Waals surface area (Å²) in [5.41, 5.74) is 0.804. The summed E-state index contributed by atoms with van der Waals surface area (Å²) in [6, 6.07) is 9.09. The van der Waals surface area contributed by atoms with E-state index in [1.165, 1.54) is 0 Å². The number of rotatable bonds is 8. The average molecular weight is 375 g/mol. The van der Waals surface area contributed by atoms with Gasteiger partial charge in [0.25, 0.3) is 0 Å². The molecule has 3 rings (SSSR count). The highest BCUT2D eigenvalue weighted by Gasteiger charge is 2.37. The van der Waals surface area contributed by atoms with Gasteiger partial charge in [-0.3, -0.25) is 14.4 Å². The van der Waals surface area contributed by atoms with Gasteiger partial charge in [0.05, 0.1) is 5.92 Å². The lowest BCUT2D eigenvalue weighted by atomic mass is 10.1. The molecule has 0 spiro atoms. The largest absolute Gasteiger partial charge is 0.352 e.